The zero-order chi connectivity index (χ0) is 26.4. The van der Waals surface area contributed by atoms with Crippen LogP contribution in [0.4, 0.5) is 0 Å². The van der Waals surface area contributed by atoms with Gasteiger partial charge in [0.15, 0.2) is 0 Å². The summed E-state index contributed by atoms with van der Waals surface area (Å²) < 4.78 is 0. The molecule has 3 aromatic carbocycles. The molecule has 0 aromatic heterocycles. The first-order valence-corrected chi connectivity index (χ1v) is 13.8. The molecular formula is C33H53N. The van der Waals surface area contributed by atoms with Gasteiger partial charge >= 0.3 is 0 Å². The molecule has 1 nitrogen and oxygen atoms in total. The van der Waals surface area contributed by atoms with Crippen molar-refractivity contribution in [3.05, 3.63) is 83.9 Å². The van der Waals surface area contributed by atoms with Gasteiger partial charge in [-0.3, -0.25) is 0 Å². The number of fused-ring (bicyclic) bond motifs is 3. The average Bonchev–Trinajstić information content (AvgIpc) is 3.34. The van der Waals surface area contributed by atoms with E-state index in [-0.39, 0.29) is 0 Å². The van der Waals surface area contributed by atoms with Gasteiger partial charge in [-0.1, -0.05) is 149 Å². The molecule has 0 saturated heterocycles. The van der Waals surface area contributed by atoms with Gasteiger partial charge in [0.2, 0.25) is 0 Å². The summed E-state index contributed by atoms with van der Waals surface area (Å²) in [4.78, 5) is 2.38. The third kappa shape index (κ3) is 10.3. The highest BCUT2D eigenvalue weighted by atomic mass is 15.1. The Hall–Kier alpha value is -2.38. The third-order valence-electron chi connectivity index (χ3n) is 5.24. The van der Waals surface area contributed by atoms with E-state index < -0.39 is 0 Å². The van der Waals surface area contributed by atoms with Crippen molar-refractivity contribution in [3.63, 3.8) is 0 Å². The van der Waals surface area contributed by atoms with Gasteiger partial charge in [0.1, 0.15) is 0 Å². The number of nitrogens with zero attached hydrogens (tertiary/aromatic N) is 1. The molecule has 0 atom stereocenters. The quantitative estimate of drug-likeness (QED) is 0.291. The number of rotatable bonds is 4. The maximum Gasteiger partial charge on any atom is -0.00132 e. The van der Waals surface area contributed by atoms with E-state index in [0.29, 0.717) is 0 Å². The van der Waals surface area contributed by atoms with Crippen LogP contribution < -0.4 is 0 Å². The highest BCUT2D eigenvalue weighted by Crippen LogP contribution is 2.42. The molecule has 0 unspecified atom stereocenters. The lowest BCUT2D eigenvalue weighted by Crippen LogP contribution is -2.21. The molecule has 0 heterocycles. The van der Waals surface area contributed by atoms with E-state index in [0.717, 1.165) is 6.42 Å². The summed E-state index contributed by atoms with van der Waals surface area (Å²) in [6, 6.07) is 26.1. The van der Waals surface area contributed by atoms with Crippen molar-refractivity contribution in [1.29, 1.82) is 0 Å². The molecule has 0 spiro atoms. The molecule has 0 aliphatic heterocycles. The van der Waals surface area contributed by atoms with E-state index in [9.17, 15) is 0 Å². The zero-order valence-electron chi connectivity index (χ0n) is 24.2. The Morgan fingerprint density at radius 2 is 0.941 bits per heavy atom. The largest absolute Gasteiger partial charge is 0.304 e. The van der Waals surface area contributed by atoms with Crippen molar-refractivity contribution in [2.24, 2.45) is 0 Å². The van der Waals surface area contributed by atoms with Gasteiger partial charge in [0.25, 0.3) is 0 Å². The second-order valence-corrected chi connectivity index (χ2v) is 6.66. The van der Waals surface area contributed by atoms with Crippen LogP contribution in [0.5, 0.6) is 0 Å². The molecule has 34 heavy (non-hydrogen) atoms. The summed E-state index contributed by atoms with van der Waals surface area (Å²) in [6.07, 6.45) is 1.06. The summed E-state index contributed by atoms with van der Waals surface area (Å²) in [6.45, 7) is 26.1. The first-order valence-electron chi connectivity index (χ1n) is 13.8. The SMILES string of the molecule is CC.CC.CC.CC.CCN(CC)CC.c1ccc(-c2cccc3c2-c2ccccc2C3)cc1. The first kappa shape index (κ1) is 33.8. The number of hydrogen-bond acceptors (Lipinski definition) is 1. The molecule has 1 heteroatoms. The fourth-order valence-corrected chi connectivity index (χ4v) is 3.72. The van der Waals surface area contributed by atoms with Crippen molar-refractivity contribution >= 4 is 0 Å². The molecule has 1 aliphatic rings. The zero-order valence-corrected chi connectivity index (χ0v) is 24.2. The molecule has 0 radical (unpaired) electrons. The third-order valence-corrected chi connectivity index (χ3v) is 5.24. The van der Waals surface area contributed by atoms with Crippen LogP contribution in [0.3, 0.4) is 0 Å². The fraction of sp³-hybridized carbons (Fsp3) is 0.455. The van der Waals surface area contributed by atoms with Crippen LogP contribution in [-0.4, -0.2) is 24.5 Å². The predicted octanol–water partition coefficient (Wildman–Crippen LogP) is 10.4. The summed E-state index contributed by atoms with van der Waals surface area (Å²) in [7, 11) is 0. The van der Waals surface area contributed by atoms with Crippen molar-refractivity contribution < 1.29 is 0 Å². The minimum atomic E-state index is 1.06. The molecule has 3 aromatic rings. The highest BCUT2D eigenvalue weighted by Gasteiger charge is 2.20. The number of benzene rings is 3. The van der Waals surface area contributed by atoms with E-state index in [1.165, 1.54) is 53.0 Å². The van der Waals surface area contributed by atoms with Crippen LogP contribution >= 0.6 is 0 Å². The molecule has 0 amide bonds. The van der Waals surface area contributed by atoms with E-state index in [1.54, 1.807) is 0 Å². The maximum atomic E-state index is 2.38. The molecule has 0 saturated carbocycles. The van der Waals surface area contributed by atoms with Crippen LogP contribution in [-0.2, 0) is 6.42 Å². The maximum absolute atomic E-state index is 2.38. The minimum Gasteiger partial charge on any atom is -0.304 e. The Balaban J connectivity index is 0. The summed E-state index contributed by atoms with van der Waals surface area (Å²) in [5.41, 5.74) is 8.36. The monoisotopic (exact) mass is 463 g/mol. The Bertz CT molecular complexity index is 827. The smallest absolute Gasteiger partial charge is 0.00132 e. The second kappa shape index (κ2) is 22.4. The summed E-state index contributed by atoms with van der Waals surface area (Å²) in [5.74, 6) is 0. The topological polar surface area (TPSA) is 3.24 Å². The molecule has 4 rings (SSSR count). The predicted molar refractivity (Wildman–Crippen MR) is 159 cm³/mol. The molecule has 1 aliphatic carbocycles. The van der Waals surface area contributed by atoms with Crippen LogP contribution in [0.1, 0.15) is 87.3 Å². The van der Waals surface area contributed by atoms with Gasteiger partial charge < -0.3 is 4.90 Å². The van der Waals surface area contributed by atoms with Crippen molar-refractivity contribution in [1.82, 2.24) is 4.90 Å². The van der Waals surface area contributed by atoms with Gasteiger partial charge in [-0.05, 0) is 59.4 Å². The van der Waals surface area contributed by atoms with Crippen molar-refractivity contribution in [3.8, 4) is 22.3 Å². The van der Waals surface area contributed by atoms with E-state index in [1.807, 2.05) is 55.4 Å². The first-order chi connectivity index (χ1) is 16.8. The second-order valence-electron chi connectivity index (χ2n) is 6.66. The highest BCUT2D eigenvalue weighted by molar-refractivity contribution is 5.90. The normalized spacial score (nSPS) is 9.53. The van der Waals surface area contributed by atoms with Gasteiger partial charge in [0, 0.05) is 0 Å². The van der Waals surface area contributed by atoms with E-state index in [2.05, 4.69) is 98.5 Å². The van der Waals surface area contributed by atoms with Crippen LogP contribution in [0.15, 0.2) is 72.8 Å². The Kier molecular flexibility index (Phi) is 22.3. The standard InChI is InChI=1S/C19H14.C6H15N.4C2H6/c1-2-7-14(8-3-1)17-12-6-10-16-13-15-9-4-5-11-18(15)19(16)17;1-4-7(5-2)6-3;4*1-2/h1-12H,13H2;4-6H2,1-3H3;4*1-2H3. The Morgan fingerprint density at radius 1 is 0.500 bits per heavy atom. The van der Waals surface area contributed by atoms with E-state index in [4.69, 9.17) is 0 Å². The van der Waals surface area contributed by atoms with E-state index >= 15 is 0 Å². The van der Waals surface area contributed by atoms with Crippen LogP contribution in [0.2, 0.25) is 0 Å². The Morgan fingerprint density at radius 3 is 1.44 bits per heavy atom. The minimum absolute atomic E-state index is 1.06. The molecule has 0 N–H and O–H groups in total. The van der Waals surface area contributed by atoms with Gasteiger partial charge in [-0.25, -0.2) is 0 Å². The lowest BCUT2D eigenvalue weighted by atomic mass is 9.94. The summed E-state index contributed by atoms with van der Waals surface area (Å²) >= 11 is 0. The molecule has 0 bridgehead atoms. The number of hydrogen-bond donors (Lipinski definition) is 0. The lowest BCUT2D eigenvalue weighted by Gasteiger charge is -2.13. The molecule has 0 fully saturated rings. The van der Waals surface area contributed by atoms with Gasteiger partial charge in [0.05, 0.1) is 0 Å². The van der Waals surface area contributed by atoms with Gasteiger partial charge in [-0.2, -0.15) is 0 Å². The van der Waals surface area contributed by atoms with Crippen molar-refractivity contribution in [2.45, 2.75) is 82.6 Å². The molecular weight excluding hydrogens is 410 g/mol. The van der Waals surface area contributed by atoms with Gasteiger partial charge in [-0.15, -0.1) is 0 Å². The lowest BCUT2D eigenvalue weighted by molar-refractivity contribution is 0.321. The van der Waals surface area contributed by atoms with Crippen LogP contribution in [0, 0.1) is 0 Å². The molecule has 190 valence electrons. The summed E-state index contributed by atoms with van der Waals surface area (Å²) in [5, 5.41) is 0. The van der Waals surface area contributed by atoms with Crippen molar-refractivity contribution in [2.75, 3.05) is 19.6 Å². The fourth-order valence-electron chi connectivity index (χ4n) is 3.72. The Labute approximate surface area is 213 Å². The average molecular weight is 464 g/mol. The van der Waals surface area contributed by atoms with Crippen LogP contribution in [0.25, 0.3) is 22.3 Å².